The molecule has 0 fully saturated rings. The molecule has 0 heterocycles. The molecular formula is C8H4ClF2NO5S. The molecule has 0 aromatic heterocycles. The molecule has 0 aliphatic carbocycles. The molecule has 0 bridgehead atoms. The molecule has 0 spiro atoms. The van der Waals surface area contributed by atoms with Crippen molar-refractivity contribution in [3.63, 3.8) is 0 Å². The first-order chi connectivity index (χ1) is 8.17. The molecular weight excluding hydrogens is 296 g/mol. The Hall–Kier alpha value is -1.61. The van der Waals surface area contributed by atoms with Gasteiger partial charge in [0.05, 0.1) is 9.82 Å². The zero-order chi connectivity index (χ0) is 14.1. The van der Waals surface area contributed by atoms with E-state index in [-0.39, 0.29) is 0 Å². The number of hydrogen-bond acceptors (Lipinski definition) is 5. The third-order valence-electron chi connectivity index (χ3n) is 1.94. The molecule has 98 valence electrons. The first-order valence-corrected chi connectivity index (χ1v) is 6.10. The number of carbonyl (C=O) groups is 1. The number of alkyl halides is 2. The van der Waals surface area contributed by atoms with Crippen molar-refractivity contribution in [2.24, 2.45) is 0 Å². The molecule has 10 heteroatoms. The van der Waals surface area contributed by atoms with E-state index < -0.39 is 41.9 Å². The topological polar surface area (TPSA) is 94.3 Å². The van der Waals surface area contributed by atoms with Crippen LogP contribution in [0.5, 0.6) is 0 Å². The summed E-state index contributed by atoms with van der Waals surface area (Å²) >= 11 is 5.04. The van der Waals surface area contributed by atoms with Crippen LogP contribution < -0.4 is 0 Å². The molecule has 0 atom stereocenters. The Kier molecular flexibility index (Phi) is 3.97. The number of nitro benzene ring substituents is 1. The predicted molar refractivity (Wildman–Crippen MR) is 56.5 cm³/mol. The third kappa shape index (κ3) is 2.62. The summed E-state index contributed by atoms with van der Waals surface area (Å²) in [6.07, 6.45) is 0. The highest BCUT2D eigenvalue weighted by molar-refractivity contribution is 7.91. The quantitative estimate of drug-likeness (QED) is 0.481. The van der Waals surface area contributed by atoms with Gasteiger partial charge in [0.15, 0.2) is 0 Å². The lowest BCUT2D eigenvalue weighted by Gasteiger charge is -2.04. The zero-order valence-corrected chi connectivity index (χ0v) is 9.91. The molecule has 1 aromatic carbocycles. The Morgan fingerprint density at radius 3 is 2.33 bits per heavy atom. The van der Waals surface area contributed by atoms with Gasteiger partial charge in [-0.1, -0.05) is 0 Å². The number of nitrogens with zero attached hydrogens (tertiary/aromatic N) is 1. The Morgan fingerprint density at radius 2 is 1.94 bits per heavy atom. The molecule has 0 saturated carbocycles. The van der Waals surface area contributed by atoms with Gasteiger partial charge in [-0.2, -0.15) is 8.78 Å². The van der Waals surface area contributed by atoms with Crippen LogP contribution in [0.15, 0.2) is 23.1 Å². The minimum absolute atomic E-state index is 0.372. The van der Waals surface area contributed by atoms with E-state index in [2.05, 4.69) is 0 Å². The summed E-state index contributed by atoms with van der Waals surface area (Å²) in [5, 5.41) is 9.40. The van der Waals surface area contributed by atoms with Crippen molar-refractivity contribution < 1.29 is 26.9 Å². The Bertz CT molecular complexity index is 616. The Balaban J connectivity index is 3.51. The number of nitro groups is 1. The van der Waals surface area contributed by atoms with Gasteiger partial charge in [-0.05, 0) is 23.7 Å². The van der Waals surface area contributed by atoms with Crippen LogP contribution in [0.25, 0.3) is 0 Å². The predicted octanol–water partition coefficient (Wildman–Crippen LogP) is 1.97. The second kappa shape index (κ2) is 4.94. The second-order valence-corrected chi connectivity index (χ2v) is 5.28. The van der Waals surface area contributed by atoms with E-state index in [1.165, 1.54) is 0 Å². The highest BCUT2D eigenvalue weighted by Gasteiger charge is 2.30. The van der Waals surface area contributed by atoms with E-state index in [0.29, 0.717) is 18.2 Å². The summed E-state index contributed by atoms with van der Waals surface area (Å²) in [5.41, 5.74) is -1.52. The van der Waals surface area contributed by atoms with Crippen LogP contribution in [0.3, 0.4) is 0 Å². The maximum Gasteiger partial charge on any atom is 0.341 e. The van der Waals surface area contributed by atoms with Crippen LogP contribution in [0.2, 0.25) is 0 Å². The summed E-state index contributed by atoms with van der Waals surface area (Å²) in [6.45, 7) is 0. The van der Waals surface area contributed by atoms with Gasteiger partial charge in [-0.3, -0.25) is 14.9 Å². The first kappa shape index (κ1) is 14.5. The summed E-state index contributed by atoms with van der Waals surface area (Å²) in [4.78, 5) is 19.4. The van der Waals surface area contributed by atoms with Crippen molar-refractivity contribution in [2.75, 3.05) is 0 Å². The van der Waals surface area contributed by atoms with Crippen molar-refractivity contribution in [1.82, 2.24) is 0 Å². The number of benzene rings is 1. The SMILES string of the molecule is O=C(Cl)c1ccc(S(=O)(=O)C(F)F)cc1[N+](=O)[O-]. The highest BCUT2D eigenvalue weighted by atomic mass is 35.5. The molecule has 1 aromatic rings. The number of sulfone groups is 1. The van der Waals surface area contributed by atoms with Crippen molar-refractivity contribution in [3.8, 4) is 0 Å². The fourth-order valence-electron chi connectivity index (χ4n) is 1.11. The first-order valence-electron chi connectivity index (χ1n) is 4.18. The number of rotatable bonds is 4. The number of carbonyl (C=O) groups excluding carboxylic acids is 1. The third-order valence-corrected chi connectivity index (χ3v) is 3.52. The van der Waals surface area contributed by atoms with Gasteiger partial charge >= 0.3 is 5.76 Å². The van der Waals surface area contributed by atoms with Crippen LogP contribution in [0, 0.1) is 10.1 Å². The normalized spacial score (nSPS) is 11.6. The van der Waals surface area contributed by atoms with Gasteiger partial charge in [-0.15, -0.1) is 0 Å². The lowest BCUT2D eigenvalue weighted by atomic mass is 10.2. The molecule has 0 amide bonds. The van der Waals surface area contributed by atoms with Gasteiger partial charge in [0.25, 0.3) is 10.9 Å². The molecule has 0 aliphatic rings. The molecule has 0 radical (unpaired) electrons. The van der Waals surface area contributed by atoms with Gasteiger partial charge in [0.2, 0.25) is 9.84 Å². The second-order valence-electron chi connectivity index (χ2n) is 3.02. The monoisotopic (exact) mass is 299 g/mol. The van der Waals surface area contributed by atoms with Gasteiger partial charge in [0.1, 0.15) is 5.56 Å². The molecule has 0 aliphatic heterocycles. The molecule has 6 nitrogen and oxygen atoms in total. The molecule has 1 rings (SSSR count). The fraction of sp³-hybridized carbons (Fsp3) is 0.125. The minimum atomic E-state index is -4.97. The highest BCUT2D eigenvalue weighted by Crippen LogP contribution is 2.27. The molecule has 0 N–H and O–H groups in total. The van der Waals surface area contributed by atoms with E-state index in [1.54, 1.807) is 0 Å². The van der Waals surface area contributed by atoms with E-state index in [4.69, 9.17) is 11.6 Å². The van der Waals surface area contributed by atoms with Crippen LogP contribution >= 0.6 is 11.6 Å². The van der Waals surface area contributed by atoms with Gasteiger partial charge in [-0.25, -0.2) is 8.42 Å². The lowest BCUT2D eigenvalue weighted by Crippen LogP contribution is -2.12. The van der Waals surface area contributed by atoms with Crippen LogP contribution in [0.4, 0.5) is 14.5 Å². The number of hydrogen-bond donors (Lipinski definition) is 0. The maximum atomic E-state index is 12.2. The van der Waals surface area contributed by atoms with Crippen molar-refractivity contribution >= 4 is 32.4 Å². The van der Waals surface area contributed by atoms with E-state index in [0.717, 1.165) is 0 Å². The Morgan fingerprint density at radius 1 is 1.39 bits per heavy atom. The van der Waals surface area contributed by atoms with E-state index in [9.17, 15) is 32.1 Å². The molecule has 0 unspecified atom stereocenters. The van der Waals surface area contributed by atoms with Gasteiger partial charge in [0, 0.05) is 6.07 Å². The van der Waals surface area contributed by atoms with E-state index >= 15 is 0 Å². The number of halogens is 3. The van der Waals surface area contributed by atoms with Crippen molar-refractivity contribution in [1.29, 1.82) is 0 Å². The van der Waals surface area contributed by atoms with E-state index in [1.807, 2.05) is 0 Å². The summed E-state index contributed by atoms with van der Waals surface area (Å²) in [5.74, 6) is -3.71. The summed E-state index contributed by atoms with van der Waals surface area (Å²) < 4.78 is 46.7. The van der Waals surface area contributed by atoms with Crippen LogP contribution in [-0.2, 0) is 9.84 Å². The average molecular weight is 300 g/mol. The van der Waals surface area contributed by atoms with Crippen molar-refractivity contribution in [2.45, 2.75) is 10.7 Å². The lowest BCUT2D eigenvalue weighted by molar-refractivity contribution is -0.385. The van der Waals surface area contributed by atoms with Crippen molar-refractivity contribution in [3.05, 3.63) is 33.9 Å². The standard InChI is InChI=1S/C8H4ClF2NO5S/c9-7(13)5-2-1-4(3-6(5)12(14)15)18(16,17)8(10)11/h1-3,8H. The van der Waals surface area contributed by atoms with Crippen LogP contribution in [0.1, 0.15) is 10.4 Å². The average Bonchev–Trinajstić information content (AvgIpc) is 2.27. The Labute approximate surface area is 104 Å². The summed E-state index contributed by atoms with van der Waals surface area (Å²) in [6, 6.07) is 1.74. The largest absolute Gasteiger partial charge is 0.341 e. The fourth-order valence-corrected chi connectivity index (χ4v) is 2.01. The zero-order valence-electron chi connectivity index (χ0n) is 8.34. The molecule has 18 heavy (non-hydrogen) atoms. The van der Waals surface area contributed by atoms with Gasteiger partial charge < -0.3 is 0 Å². The smallest absolute Gasteiger partial charge is 0.275 e. The van der Waals surface area contributed by atoms with Crippen LogP contribution in [-0.4, -0.2) is 24.3 Å². The molecule has 0 saturated heterocycles. The summed E-state index contributed by atoms with van der Waals surface area (Å²) in [7, 11) is -4.97. The maximum absolute atomic E-state index is 12.2. The minimum Gasteiger partial charge on any atom is -0.275 e.